The first-order valence-electron chi connectivity index (χ1n) is 6.63. The molecule has 0 saturated heterocycles. The first-order valence-corrected chi connectivity index (χ1v) is 6.63. The van der Waals surface area contributed by atoms with E-state index in [9.17, 15) is 9.18 Å². The smallest absolute Gasteiger partial charge is 0.231 e. The van der Waals surface area contributed by atoms with Crippen molar-refractivity contribution in [1.82, 2.24) is 0 Å². The minimum Gasteiger partial charge on any atom is -0.493 e. The Hall–Kier alpha value is -2.82. The zero-order valence-corrected chi connectivity index (χ0v) is 11.8. The summed E-state index contributed by atoms with van der Waals surface area (Å²) in [4.78, 5) is 12.0. The Morgan fingerprint density at radius 1 is 1.23 bits per heavy atom. The average molecular weight is 300 g/mol. The third kappa shape index (κ3) is 2.79. The molecule has 22 heavy (non-hydrogen) atoms. The van der Waals surface area contributed by atoms with Gasteiger partial charge in [-0.3, -0.25) is 4.79 Å². The second-order valence-electron chi connectivity index (χ2n) is 4.66. The van der Waals surface area contributed by atoms with Crippen molar-refractivity contribution in [2.24, 2.45) is 0 Å². The quantitative estimate of drug-likeness (QED) is 0.641. The third-order valence-electron chi connectivity index (χ3n) is 3.24. The Bertz CT molecular complexity index is 735. The van der Waals surface area contributed by atoms with Gasteiger partial charge >= 0.3 is 0 Å². The van der Waals surface area contributed by atoms with E-state index in [0.29, 0.717) is 22.8 Å². The SMILES string of the molecule is COc1cc(C=CC(=O)c2ccc(F)cc2)cc2c1OCO2. The third-order valence-corrected chi connectivity index (χ3v) is 3.24. The van der Waals surface area contributed by atoms with Gasteiger partial charge in [-0.05, 0) is 48.0 Å². The molecule has 0 saturated carbocycles. The van der Waals surface area contributed by atoms with E-state index in [2.05, 4.69) is 0 Å². The van der Waals surface area contributed by atoms with Crippen molar-refractivity contribution >= 4 is 11.9 Å². The maximum Gasteiger partial charge on any atom is 0.231 e. The molecule has 112 valence electrons. The van der Waals surface area contributed by atoms with Crippen molar-refractivity contribution in [3.05, 3.63) is 59.4 Å². The maximum absolute atomic E-state index is 12.8. The van der Waals surface area contributed by atoms with Crippen LogP contribution < -0.4 is 14.2 Å². The van der Waals surface area contributed by atoms with Crippen LogP contribution in [-0.4, -0.2) is 19.7 Å². The monoisotopic (exact) mass is 300 g/mol. The van der Waals surface area contributed by atoms with Crippen molar-refractivity contribution in [3.63, 3.8) is 0 Å². The second-order valence-corrected chi connectivity index (χ2v) is 4.66. The highest BCUT2D eigenvalue weighted by Gasteiger charge is 2.19. The number of hydrogen-bond acceptors (Lipinski definition) is 4. The summed E-state index contributed by atoms with van der Waals surface area (Å²) in [5.41, 5.74) is 1.17. The van der Waals surface area contributed by atoms with Crippen LogP contribution in [0.3, 0.4) is 0 Å². The largest absolute Gasteiger partial charge is 0.493 e. The van der Waals surface area contributed by atoms with Gasteiger partial charge in [-0.2, -0.15) is 0 Å². The normalized spacial score (nSPS) is 12.6. The lowest BCUT2D eigenvalue weighted by Crippen LogP contribution is -1.94. The van der Waals surface area contributed by atoms with Gasteiger partial charge in [-0.25, -0.2) is 4.39 Å². The number of carbonyl (C=O) groups is 1. The van der Waals surface area contributed by atoms with Gasteiger partial charge in [-0.15, -0.1) is 0 Å². The van der Waals surface area contributed by atoms with Gasteiger partial charge in [0.25, 0.3) is 0 Å². The lowest BCUT2D eigenvalue weighted by atomic mass is 10.1. The van der Waals surface area contributed by atoms with Crippen LogP contribution in [0.2, 0.25) is 0 Å². The molecule has 3 rings (SSSR count). The van der Waals surface area contributed by atoms with Gasteiger partial charge in [-0.1, -0.05) is 6.08 Å². The van der Waals surface area contributed by atoms with E-state index < -0.39 is 0 Å². The van der Waals surface area contributed by atoms with Gasteiger partial charge < -0.3 is 14.2 Å². The van der Waals surface area contributed by atoms with E-state index in [-0.39, 0.29) is 18.4 Å². The number of fused-ring (bicyclic) bond motifs is 1. The zero-order chi connectivity index (χ0) is 15.5. The number of rotatable bonds is 4. The Morgan fingerprint density at radius 3 is 2.73 bits per heavy atom. The highest BCUT2D eigenvalue weighted by molar-refractivity contribution is 6.06. The van der Waals surface area contributed by atoms with Crippen LogP contribution in [0.1, 0.15) is 15.9 Å². The summed E-state index contributed by atoms with van der Waals surface area (Å²) in [6, 6.07) is 8.92. The Labute approximate surface area is 126 Å². The summed E-state index contributed by atoms with van der Waals surface area (Å²) in [6.45, 7) is 0.146. The number of halogens is 1. The van der Waals surface area contributed by atoms with Crippen LogP contribution in [0, 0.1) is 5.82 Å². The Morgan fingerprint density at radius 2 is 2.00 bits per heavy atom. The van der Waals surface area contributed by atoms with Crippen molar-refractivity contribution in [1.29, 1.82) is 0 Å². The number of carbonyl (C=O) groups excluding carboxylic acids is 1. The van der Waals surface area contributed by atoms with Crippen molar-refractivity contribution < 1.29 is 23.4 Å². The van der Waals surface area contributed by atoms with E-state index in [1.54, 1.807) is 18.2 Å². The van der Waals surface area contributed by atoms with E-state index >= 15 is 0 Å². The zero-order valence-electron chi connectivity index (χ0n) is 11.8. The molecule has 2 aromatic carbocycles. The summed E-state index contributed by atoms with van der Waals surface area (Å²) < 4.78 is 28.7. The van der Waals surface area contributed by atoms with Crippen LogP contribution in [0.15, 0.2) is 42.5 Å². The molecule has 4 nitrogen and oxygen atoms in total. The first kappa shape index (κ1) is 14.1. The fourth-order valence-corrected chi connectivity index (χ4v) is 2.13. The lowest BCUT2D eigenvalue weighted by Gasteiger charge is -2.05. The summed E-state index contributed by atoms with van der Waals surface area (Å²) in [5, 5.41) is 0. The molecule has 0 bridgehead atoms. The molecule has 0 aliphatic carbocycles. The average Bonchev–Trinajstić information content (AvgIpc) is 3.01. The van der Waals surface area contributed by atoms with Crippen molar-refractivity contribution in [2.45, 2.75) is 0 Å². The Balaban J connectivity index is 1.83. The highest BCUT2D eigenvalue weighted by atomic mass is 19.1. The molecule has 1 heterocycles. The van der Waals surface area contributed by atoms with Crippen LogP contribution >= 0.6 is 0 Å². The predicted octanol–water partition coefficient (Wildman–Crippen LogP) is 3.46. The molecule has 0 atom stereocenters. The number of benzene rings is 2. The van der Waals surface area contributed by atoms with Crippen molar-refractivity contribution in [3.8, 4) is 17.2 Å². The Kier molecular flexibility index (Phi) is 3.78. The molecule has 0 spiro atoms. The molecule has 1 aliphatic heterocycles. The summed E-state index contributed by atoms with van der Waals surface area (Å²) in [6.07, 6.45) is 3.07. The molecule has 0 N–H and O–H groups in total. The van der Waals surface area contributed by atoms with Crippen LogP contribution in [0.5, 0.6) is 17.2 Å². The highest BCUT2D eigenvalue weighted by Crippen LogP contribution is 2.42. The molecular formula is C17H13FO4. The van der Waals surface area contributed by atoms with E-state index in [1.807, 2.05) is 0 Å². The fraction of sp³-hybridized carbons (Fsp3) is 0.118. The van der Waals surface area contributed by atoms with Gasteiger partial charge in [0.15, 0.2) is 17.3 Å². The summed E-state index contributed by atoms with van der Waals surface area (Å²) in [7, 11) is 1.54. The van der Waals surface area contributed by atoms with Crippen LogP contribution in [-0.2, 0) is 0 Å². The fourth-order valence-electron chi connectivity index (χ4n) is 2.13. The number of ketones is 1. The maximum atomic E-state index is 12.8. The molecule has 1 aliphatic rings. The molecule has 0 aromatic heterocycles. The first-order chi connectivity index (χ1) is 10.7. The molecule has 0 radical (unpaired) electrons. The van der Waals surface area contributed by atoms with Gasteiger partial charge in [0.05, 0.1) is 7.11 Å². The lowest BCUT2D eigenvalue weighted by molar-refractivity contribution is 0.104. The van der Waals surface area contributed by atoms with Gasteiger partial charge in [0.1, 0.15) is 5.82 Å². The van der Waals surface area contributed by atoms with Gasteiger partial charge in [0, 0.05) is 5.56 Å². The summed E-state index contributed by atoms with van der Waals surface area (Å²) in [5.74, 6) is 1.10. The van der Waals surface area contributed by atoms with Crippen LogP contribution in [0.4, 0.5) is 4.39 Å². The van der Waals surface area contributed by atoms with E-state index in [1.165, 1.54) is 37.5 Å². The number of hydrogen-bond donors (Lipinski definition) is 0. The number of allylic oxidation sites excluding steroid dienone is 1. The number of methoxy groups -OCH3 is 1. The van der Waals surface area contributed by atoms with E-state index in [4.69, 9.17) is 14.2 Å². The predicted molar refractivity (Wildman–Crippen MR) is 78.9 cm³/mol. The summed E-state index contributed by atoms with van der Waals surface area (Å²) >= 11 is 0. The second kappa shape index (κ2) is 5.89. The van der Waals surface area contributed by atoms with Crippen molar-refractivity contribution in [2.75, 3.05) is 13.9 Å². The number of ether oxygens (including phenoxy) is 3. The molecule has 0 fully saturated rings. The van der Waals surface area contributed by atoms with Crippen LogP contribution in [0.25, 0.3) is 6.08 Å². The molecular weight excluding hydrogens is 287 g/mol. The van der Waals surface area contributed by atoms with E-state index in [0.717, 1.165) is 5.56 Å². The molecule has 5 heteroatoms. The molecule has 0 unspecified atom stereocenters. The minimum atomic E-state index is -0.374. The topological polar surface area (TPSA) is 44.8 Å². The van der Waals surface area contributed by atoms with Gasteiger partial charge in [0.2, 0.25) is 12.5 Å². The minimum absolute atomic E-state index is 0.146. The molecule has 0 amide bonds. The standard InChI is InChI=1S/C17H13FO4/c1-20-15-8-11(9-16-17(15)22-10-21-16)2-7-14(19)12-3-5-13(18)6-4-12/h2-9H,10H2,1H3. The molecule has 2 aromatic rings.